The molecule has 7 nitrogen and oxygen atoms in total. The van der Waals surface area contributed by atoms with Crippen LogP contribution in [0.1, 0.15) is 29.9 Å². The molecule has 2 aromatic heterocycles. The average Bonchev–Trinajstić information content (AvgIpc) is 3.23. The van der Waals surface area contributed by atoms with Gasteiger partial charge in [0.15, 0.2) is 0 Å². The molecule has 1 fully saturated rings. The second kappa shape index (κ2) is 7.87. The molecule has 130 valence electrons. The van der Waals surface area contributed by atoms with Gasteiger partial charge in [0, 0.05) is 26.8 Å². The highest BCUT2D eigenvalue weighted by atomic mass is 32.1. The first kappa shape index (κ1) is 17.1. The van der Waals surface area contributed by atoms with Gasteiger partial charge < -0.3 is 20.1 Å². The Bertz CT molecular complexity index is 706. The van der Waals surface area contributed by atoms with Crippen molar-refractivity contribution >= 4 is 33.3 Å². The summed E-state index contributed by atoms with van der Waals surface area (Å²) in [4.78, 5) is 21.9. The van der Waals surface area contributed by atoms with Gasteiger partial charge in [-0.15, -0.1) is 11.3 Å². The standard InChI is InChI=1S/C16H22N4O3S/c1-22-7-6-17-15(21)14-19-13(12-5-8-24-16(12)20-14)18-10-3-4-11(9-10)23-2/h5,8,10-11H,3-4,6-7,9H2,1-2H3,(H,17,21)(H,18,19,20)/t10-,11+/m1/s1. The Kier molecular flexibility index (Phi) is 5.60. The number of nitrogens with zero attached hydrogens (tertiary/aromatic N) is 2. The molecule has 0 bridgehead atoms. The van der Waals surface area contributed by atoms with E-state index in [0.29, 0.717) is 25.3 Å². The lowest BCUT2D eigenvalue weighted by Gasteiger charge is -2.15. The molecule has 0 aromatic carbocycles. The van der Waals surface area contributed by atoms with Gasteiger partial charge in [-0.3, -0.25) is 4.79 Å². The third kappa shape index (κ3) is 3.82. The number of carbonyl (C=O) groups excluding carboxylic acids is 1. The maximum atomic E-state index is 12.2. The van der Waals surface area contributed by atoms with Crippen molar-refractivity contribution in [3.8, 4) is 0 Å². The number of rotatable bonds is 7. The zero-order valence-electron chi connectivity index (χ0n) is 13.9. The zero-order chi connectivity index (χ0) is 16.9. The van der Waals surface area contributed by atoms with Crippen molar-refractivity contribution < 1.29 is 14.3 Å². The molecule has 1 saturated carbocycles. The number of nitrogens with one attached hydrogen (secondary N) is 2. The summed E-state index contributed by atoms with van der Waals surface area (Å²) >= 11 is 1.50. The van der Waals surface area contributed by atoms with Crippen LogP contribution in [0, 0.1) is 0 Å². The van der Waals surface area contributed by atoms with Gasteiger partial charge in [-0.1, -0.05) is 0 Å². The van der Waals surface area contributed by atoms with Crippen molar-refractivity contribution in [3.05, 3.63) is 17.3 Å². The van der Waals surface area contributed by atoms with Gasteiger partial charge in [0.05, 0.1) is 18.1 Å². The van der Waals surface area contributed by atoms with Crippen molar-refractivity contribution in [1.82, 2.24) is 15.3 Å². The summed E-state index contributed by atoms with van der Waals surface area (Å²) in [6.45, 7) is 0.890. The summed E-state index contributed by atoms with van der Waals surface area (Å²) in [5.41, 5.74) is 0. The molecule has 0 aliphatic heterocycles. The van der Waals surface area contributed by atoms with E-state index in [4.69, 9.17) is 9.47 Å². The number of hydrogen-bond acceptors (Lipinski definition) is 7. The molecule has 0 spiro atoms. The first-order valence-electron chi connectivity index (χ1n) is 8.03. The number of anilines is 1. The molecule has 1 aliphatic rings. The van der Waals surface area contributed by atoms with Gasteiger partial charge in [0.25, 0.3) is 5.91 Å². The molecule has 3 rings (SSSR count). The summed E-state index contributed by atoms with van der Waals surface area (Å²) in [6.07, 6.45) is 3.31. The van der Waals surface area contributed by atoms with E-state index in [1.807, 2.05) is 11.4 Å². The zero-order valence-corrected chi connectivity index (χ0v) is 14.7. The third-order valence-electron chi connectivity index (χ3n) is 4.18. The van der Waals surface area contributed by atoms with E-state index >= 15 is 0 Å². The normalized spacial score (nSPS) is 20.4. The predicted octanol–water partition coefficient (Wildman–Crippen LogP) is 2.05. The van der Waals surface area contributed by atoms with E-state index in [2.05, 4.69) is 20.6 Å². The molecule has 24 heavy (non-hydrogen) atoms. The number of fused-ring (bicyclic) bond motifs is 1. The van der Waals surface area contributed by atoms with Crippen molar-refractivity contribution in [2.75, 3.05) is 32.7 Å². The van der Waals surface area contributed by atoms with E-state index in [1.165, 1.54) is 11.3 Å². The number of carbonyl (C=O) groups is 1. The summed E-state index contributed by atoms with van der Waals surface area (Å²) in [7, 11) is 3.34. The SMILES string of the molecule is COCCNC(=O)c1nc(N[C@@H]2CC[C@H](OC)C2)c2ccsc2n1. The Morgan fingerprint density at radius 1 is 1.38 bits per heavy atom. The van der Waals surface area contributed by atoms with Crippen LogP contribution >= 0.6 is 11.3 Å². The van der Waals surface area contributed by atoms with E-state index < -0.39 is 0 Å². The second-order valence-corrected chi connectivity index (χ2v) is 6.69. The number of ether oxygens (including phenoxy) is 2. The van der Waals surface area contributed by atoms with E-state index in [1.54, 1.807) is 14.2 Å². The summed E-state index contributed by atoms with van der Waals surface area (Å²) < 4.78 is 10.4. The fourth-order valence-corrected chi connectivity index (χ4v) is 3.66. The Labute approximate surface area is 144 Å². The lowest BCUT2D eigenvalue weighted by Crippen LogP contribution is -2.29. The number of amides is 1. The molecule has 0 saturated heterocycles. The van der Waals surface area contributed by atoms with Crippen LogP contribution in [0.3, 0.4) is 0 Å². The van der Waals surface area contributed by atoms with Crippen molar-refractivity contribution in [2.24, 2.45) is 0 Å². The van der Waals surface area contributed by atoms with Crippen LogP contribution in [-0.2, 0) is 9.47 Å². The molecule has 2 aromatic rings. The lowest BCUT2D eigenvalue weighted by atomic mass is 10.2. The Hall–Kier alpha value is -1.77. The number of hydrogen-bond donors (Lipinski definition) is 2. The van der Waals surface area contributed by atoms with Gasteiger partial charge in [-0.25, -0.2) is 9.97 Å². The smallest absolute Gasteiger partial charge is 0.289 e. The predicted molar refractivity (Wildman–Crippen MR) is 93.7 cm³/mol. The fraction of sp³-hybridized carbons (Fsp3) is 0.562. The summed E-state index contributed by atoms with van der Waals surface area (Å²) in [5.74, 6) is 0.622. The summed E-state index contributed by atoms with van der Waals surface area (Å²) in [5, 5.41) is 9.14. The fourth-order valence-electron chi connectivity index (χ4n) is 2.89. The molecule has 2 atom stereocenters. The van der Waals surface area contributed by atoms with Crippen LogP contribution < -0.4 is 10.6 Å². The maximum Gasteiger partial charge on any atom is 0.289 e. The Morgan fingerprint density at radius 3 is 3.00 bits per heavy atom. The van der Waals surface area contributed by atoms with Gasteiger partial charge >= 0.3 is 0 Å². The van der Waals surface area contributed by atoms with Crippen LogP contribution in [-0.4, -0.2) is 55.4 Å². The van der Waals surface area contributed by atoms with Crippen molar-refractivity contribution in [2.45, 2.75) is 31.4 Å². The molecule has 1 amide bonds. The largest absolute Gasteiger partial charge is 0.383 e. The van der Waals surface area contributed by atoms with Gasteiger partial charge in [0.2, 0.25) is 5.82 Å². The van der Waals surface area contributed by atoms with E-state index in [9.17, 15) is 4.79 Å². The van der Waals surface area contributed by atoms with Gasteiger partial charge in [-0.05, 0) is 30.7 Å². The third-order valence-corrected chi connectivity index (χ3v) is 4.99. The maximum absolute atomic E-state index is 12.2. The molecule has 8 heteroatoms. The lowest BCUT2D eigenvalue weighted by molar-refractivity contribution is 0.0927. The van der Waals surface area contributed by atoms with E-state index in [0.717, 1.165) is 35.3 Å². The van der Waals surface area contributed by atoms with Crippen LogP contribution in [0.2, 0.25) is 0 Å². The second-order valence-electron chi connectivity index (χ2n) is 5.80. The van der Waals surface area contributed by atoms with Gasteiger partial charge in [0.1, 0.15) is 10.6 Å². The topological polar surface area (TPSA) is 85.4 Å². The Morgan fingerprint density at radius 2 is 2.25 bits per heavy atom. The molecular formula is C16H22N4O3S. The first-order chi connectivity index (χ1) is 11.7. The van der Waals surface area contributed by atoms with Crippen LogP contribution in [0.5, 0.6) is 0 Å². The van der Waals surface area contributed by atoms with Crippen LogP contribution in [0.4, 0.5) is 5.82 Å². The minimum Gasteiger partial charge on any atom is -0.383 e. The van der Waals surface area contributed by atoms with Crippen molar-refractivity contribution in [3.63, 3.8) is 0 Å². The molecular weight excluding hydrogens is 328 g/mol. The molecule has 1 aliphatic carbocycles. The van der Waals surface area contributed by atoms with E-state index in [-0.39, 0.29) is 11.7 Å². The molecule has 2 N–H and O–H groups in total. The van der Waals surface area contributed by atoms with Crippen LogP contribution in [0.25, 0.3) is 10.2 Å². The Balaban J connectivity index is 1.78. The first-order valence-corrected chi connectivity index (χ1v) is 8.91. The molecule has 2 heterocycles. The molecule has 0 radical (unpaired) electrons. The van der Waals surface area contributed by atoms with Gasteiger partial charge in [-0.2, -0.15) is 0 Å². The average molecular weight is 350 g/mol. The number of thiophene rings is 1. The minimum absolute atomic E-state index is 0.185. The highest BCUT2D eigenvalue weighted by Crippen LogP contribution is 2.29. The highest BCUT2D eigenvalue weighted by molar-refractivity contribution is 7.16. The quantitative estimate of drug-likeness (QED) is 0.744. The monoisotopic (exact) mass is 350 g/mol. The van der Waals surface area contributed by atoms with Crippen LogP contribution in [0.15, 0.2) is 11.4 Å². The highest BCUT2D eigenvalue weighted by Gasteiger charge is 2.25. The molecule has 0 unspecified atom stereocenters. The minimum atomic E-state index is -0.286. The van der Waals surface area contributed by atoms with Crippen molar-refractivity contribution in [1.29, 1.82) is 0 Å². The summed E-state index contributed by atoms with van der Waals surface area (Å²) in [6, 6.07) is 2.29. The number of aromatic nitrogens is 2. The number of methoxy groups -OCH3 is 2.